The Labute approximate surface area is 129 Å². The van der Waals surface area contributed by atoms with Crippen LogP contribution < -0.4 is 4.35 Å². The minimum atomic E-state index is 0.724. The second-order valence-corrected chi connectivity index (χ2v) is 6.29. The van der Waals surface area contributed by atoms with Crippen LogP contribution >= 0.6 is 22.9 Å². The quantitative estimate of drug-likeness (QED) is 0.665. The van der Waals surface area contributed by atoms with Crippen LogP contribution in [0.5, 0.6) is 0 Å². The fraction of sp³-hybridized carbons (Fsp3) is 0. The predicted octanol–water partition coefficient (Wildman–Crippen LogP) is 3.32. The molecule has 0 spiro atoms. The van der Waals surface area contributed by atoms with Gasteiger partial charge in [0.1, 0.15) is 0 Å². The molecule has 0 N–H and O–H groups in total. The van der Waals surface area contributed by atoms with Crippen molar-refractivity contribution in [1.29, 1.82) is 0 Å². The van der Waals surface area contributed by atoms with Crippen molar-refractivity contribution in [2.45, 2.75) is 0 Å². The van der Waals surface area contributed by atoms with Crippen LogP contribution in [0.4, 0.5) is 0 Å². The predicted molar refractivity (Wildman–Crippen MR) is 81.2 cm³/mol. The van der Waals surface area contributed by atoms with Crippen molar-refractivity contribution in [3.63, 3.8) is 0 Å². The van der Waals surface area contributed by atoms with Crippen molar-refractivity contribution in [2.75, 3.05) is 0 Å². The maximum absolute atomic E-state index is 6.23. The molecule has 0 bridgehead atoms. The van der Waals surface area contributed by atoms with Gasteiger partial charge in [-0.3, -0.25) is 0 Å². The molecule has 0 amide bonds. The van der Waals surface area contributed by atoms with Gasteiger partial charge in [0.05, 0.1) is 0 Å². The van der Waals surface area contributed by atoms with Crippen molar-refractivity contribution in [3.05, 3.63) is 53.1 Å². The zero-order valence-corrected chi connectivity index (χ0v) is 13.2. The topological polar surface area (TPSA) is 25.8 Å². The van der Waals surface area contributed by atoms with E-state index >= 15 is 0 Å². The molecular weight excluding hydrogens is 339 g/mol. The second-order valence-electron chi connectivity index (χ2n) is 3.94. The second kappa shape index (κ2) is 5.46. The minimum absolute atomic E-state index is 0.724. The van der Waals surface area contributed by atoms with Crippen LogP contribution in [0.3, 0.4) is 0 Å². The molecule has 2 nitrogen and oxygen atoms in total. The molecule has 0 aliphatic rings. The van der Waals surface area contributed by atoms with E-state index < -0.39 is 0 Å². The zero-order valence-electron chi connectivity index (χ0n) is 9.75. The van der Waals surface area contributed by atoms with Gasteiger partial charge in [0, 0.05) is 0 Å². The van der Waals surface area contributed by atoms with Gasteiger partial charge < -0.3 is 0 Å². The van der Waals surface area contributed by atoms with Gasteiger partial charge in [0.15, 0.2) is 0 Å². The Kier molecular flexibility index (Phi) is 3.69. The van der Waals surface area contributed by atoms with E-state index in [4.69, 9.17) is 11.6 Å². The Balaban J connectivity index is 2.04. The van der Waals surface area contributed by atoms with Crippen molar-refractivity contribution in [2.24, 2.45) is 0 Å². The molecule has 2 radical (unpaired) electrons. The molecule has 0 atom stereocenters. The SMILES string of the molecule is Clc1ccc([As])cc1-c1nc(-c2cccnc2)cs1. The summed E-state index contributed by atoms with van der Waals surface area (Å²) in [7, 11) is 0. The van der Waals surface area contributed by atoms with Gasteiger partial charge in [-0.2, -0.15) is 0 Å². The van der Waals surface area contributed by atoms with Crippen LogP contribution in [0.25, 0.3) is 21.8 Å². The summed E-state index contributed by atoms with van der Waals surface area (Å²) in [6.07, 6.45) is 3.57. The van der Waals surface area contributed by atoms with Crippen molar-refractivity contribution >= 4 is 44.1 Å². The van der Waals surface area contributed by atoms with Crippen molar-refractivity contribution in [1.82, 2.24) is 9.97 Å². The number of nitrogens with zero attached hydrogens (tertiary/aromatic N) is 2. The monoisotopic (exact) mass is 346 g/mol. The van der Waals surface area contributed by atoms with Gasteiger partial charge in [0.2, 0.25) is 0 Å². The first kappa shape index (κ1) is 12.9. The molecule has 2 aromatic heterocycles. The summed E-state index contributed by atoms with van der Waals surface area (Å²) in [6.45, 7) is 0. The van der Waals surface area contributed by atoms with Crippen LogP contribution in [0, 0.1) is 0 Å². The number of halogens is 1. The van der Waals surface area contributed by atoms with Gasteiger partial charge in [-0.1, -0.05) is 0 Å². The molecule has 5 heteroatoms. The third-order valence-corrected chi connectivity index (χ3v) is 4.43. The number of hydrogen-bond acceptors (Lipinski definition) is 3. The molecule has 19 heavy (non-hydrogen) atoms. The third-order valence-electron chi connectivity index (χ3n) is 2.64. The number of pyridine rings is 1. The van der Waals surface area contributed by atoms with E-state index in [0.717, 1.165) is 31.2 Å². The van der Waals surface area contributed by atoms with Crippen LogP contribution in [-0.4, -0.2) is 26.8 Å². The molecule has 1 aromatic carbocycles. The van der Waals surface area contributed by atoms with E-state index in [1.807, 2.05) is 41.9 Å². The summed E-state index contributed by atoms with van der Waals surface area (Å²) < 4.78 is 1.12. The molecule has 0 unspecified atom stereocenters. The van der Waals surface area contributed by atoms with Crippen LogP contribution in [0.15, 0.2) is 48.1 Å². The van der Waals surface area contributed by atoms with E-state index in [1.165, 1.54) is 0 Å². The number of aromatic nitrogens is 2. The Hall–Kier alpha value is -1.15. The van der Waals surface area contributed by atoms with E-state index in [1.54, 1.807) is 17.5 Å². The van der Waals surface area contributed by atoms with E-state index in [0.29, 0.717) is 0 Å². The van der Waals surface area contributed by atoms with Gasteiger partial charge in [-0.05, 0) is 0 Å². The van der Waals surface area contributed by atoms with Gasteiger partial charge in [-0.25, -0.2) is 0 Å². The normalized spacial score (nSPS) is 10.6. The number of rotatable bonds is 2. The van der Waals surface area contributed by atoms with Gasteiger partial charge in [-0.15, -0.1) is 0 Å². The molecule has 0 aliphatic heterocycles. The van der Waals surface area contributed by atoms with Crippen LogP contribution in [-0.2, 0) is 0 Å². The summed E-state index contributed by atoms with van der Waals surface area (Å²) >= 11 is 10.3. The van der Waals surface area contributed by atoms with E-state index in [-0.39, 0.29) is 0 Å². The molecule has 0 aliphatic carbocycles. The molecule has 92 valence electrons. The molecule has 3 rings (SSSR count). The summed E-state index contributed by atoms with van der Waals surface area (Å²) in [5.41, 5.74) is 2.92. The average molecular weight is 347 g/mol. The first-order chi connectivity index (χ1) is 9.24. The molecule has 0 fully saturated rings. The fourth-order valence-corrected chi connectivity index (χ4v) is 3.27. The molecule has 0 saturated heterocycles. The van der Waals surface area contributed by atoms with E-state index in [2.05, 4.69) is 26.8 Å². The number of thiazole rings is 1. The molecule has 2 heterocycles. The van der Waals surface area contributed by atoms with Crippen molar-refractivity contribution < 1.29 is 0 Å². The fourth-order valence-electron chi connectivity index (χ4n) is 1.72. The Bertz CT molecular complexity index is 712. The Morgan fingerprint density at radius 3 is 2.89 bits per heavy atom. The van der Waals surface area contributed by atoms with Crippen LogP contribution in [0.1, 0.15) is 0 Å². The molecular formula is C14H8AsClN2S. The Morgan fingerprint density at radius 1 is 1.21 bits per heavy atom. The van der Waals surface area contributed by atoms with Crippen molar-refractivity contribution in [3.8, 4) is 21.8 Å². The first-order valence-electron chi connectivity index (χ1n) is 5.59. The third kappa shape index (κ3) is 2.74. The number of benzene rings is 1. The maximum atomic E-state index is 6.23. The standard InChI is InChI=1S/C14H8AsClN2S/c15-10-3-4-12(16)11(6-10)14-18-13(8-19-14)9-2-1-5-17-7-9/h1-8H. The van der Waals surface area contributed by atoms with Crippen LogP contribution in [0.2, 0.25) is 5.02 Å². The number of hydrogen-bond donors (Lipinski definition) is 0. The molecule has 3 aromatic rings. The first-order valence-corrected chi connectivity index (χ1v) is 7.78. The summed E-state index contributed by atoms with van der Waals surface area (Å²) in [5, 5.41) is 3.68. The summed E-state index contributed by atoms with van der Waals surface area (Å²) in [5.74, 6) is 0. The van der Waals surface area contributed by atoms with Gasteiger partial charge in [0.25, 0.3) is 0 Å². The zero-order chi connectivity index (χ0) is 13.2. The van der Waals surface area contributed by atoms with Gasteiger partial charge >= 0.3 is 129 Å². The Morgan fingerprint density at radius 2 is 2.11 bits per heavy atom. The summed E-state index contributed by atoms with van der Waals surface area (Å²) in [6, 6.07) is 9.82. The van der Waals surface area contributed by atoms with E-state index in [9.17, 15) is 0 Å². The molecule has 0 saturated carbocycles. The average Bonchev–Trinajstić information content (AvgIpc) is 2.92. The summed E-state index contributed by atoms with van der Waals surface area (Å²) in [4.78, 5) is 8.75.